The maximum Gasteiger partial charge on any atom is 0.215 e. The predicted octanol–water partition coefficient (Wildman–Crippen LogP) is 1.72. The van der Waals surface area contributed by atoms with Crippen LogP contribution in [-0.4, -0.2) is 19.8 Å². The number of hydrogen-bond acceptors (Lipinski definition) is 1. The van der Waals surface area contributed by atoms with Crippen LogP contribution >= 0.6 is 0 Å². The highest BCUT2D eigenvalue weighted by Gasteiger charge is 2.37. The molecule has 0 bridgehead atoms. The van der Waals surface area contributed by atoms with Crippen molar-refractivity contribution in [2.45, 2.75) is 19.8 Å². The smallest absolute Gasteiger partial charge is 0.215 e. The molecule has 0 saturated carbocycles. The van der Waals surface area contributed by atoms with Gasteiger partial charge in [-0.1, -0.05) is 6.92 Å². The minimum absolute atomic E-state index is 0.380. The van der Waals surface area contributed by atoms with E-state index in [0.29, 0.717) is 12.0 Å². The number of rotatable bonds is 3. The Morgan fingerprint density at radius 2 is 2.30 bits per heavy atom. The van der Waals surface area contributed by atoms with Gasteiger partial charge in [0.15, 0.2) is 0 Å². The maximum absolute atomic E-state index is 6.64. The lowest BCUT2D eigenvalue weighted by Gasteiger charge is -2.39. The fourth-order valence-electron chi connectivity index (χ4n) is 1.21. The molecule has 1 saturated heterocycles. The Bertz CT molecular complexity index is 138. The maximum atomic E-state index is 6.64. The van der Waals surface area contributed by atoms with Crippen molar-refractivity contribution in [3.63, 3.8) is 0 Å². The van der Waals surface area contributed by atoms with E-state index in [9.17, 15) is 0 Å². The molecule has 0 unspecified atom stereocenters. The van der Waals surface area contributed by atoms with E-state index < -0.39 is 0 Å². The van der Waals surface area contributed by atoms with Crippen molar-refractivity contribution in [1.29, 1.82) is 0 Å². The summed E-state index contributed by atoms with van der Waals surface area (Å²) < 4.78 is 5.12. The minimum Gasteiger partial charge on any atom is -0.380 e. The van der Waals surface area contributed by atoms with E-state index in [1.807, 2.05) is 0 Å². The van der Waals surface area contributed by atoms with Gasteiger partial charge < -0.3 is 9.58 Å². The molecule has 0 aromatic carbocycles. The van der Waals surface area contributed by atoms with Crippen LogP contribution in [0.25, 0.3) is 4.85 Å². The summed E-state index contributed by atoms with van der Waals surface area (Å²) in [6.07, 6.45) is 2.18. The van der Waals surface area contributed by atoms with Crippen molar-refractivity contribution >= 4 is 0 Å². The fourth-order valence-corrected chi connectivity index (χ4v) is 1.21. The van der Waals surface area contributed by atoms with Gasteiger partial charge in [-0.05, 0) is 6.42 Å². The molecular weight excluding hydrogens is 126 g/mol. The molecule has 0 radical (unpaired) electrons. The minimum atomic E-state index is 0.380. The standard InChI is InChI=1S/C8H13NO/c1-3-8(4-5-9-2)6-10-7-8/h3-7H2,1H3. The average molecular weight is 139 g/mol. The molecule has 1 rings (SSSR count). The fraction of sp³-hybridized carbons (Fsp3) is 0.875. The molecule has 1 fully saturated rings. The Hall–Kier alpha value is -0.550. The summed E-state index contributed by atoms with van der Waals surface area (Å²) in [6, 6.07) is 0. The zero-order valence-electron chi connectivity index (χ0n) is 6.39. The van der Waals surface area contributed by atoms with Gasteiger partial charge >= 0.3 is 0 Å². The molecule has 1 aliphatic rings. The Kier molecular flexibility index (Phi) is 2.29. The Morgan fingerprint density at radius 3 is 2.60 bits per heavy atom. The second kappa shape index (κ2) is 3.03. The largest absolute Gasteiger partial charge is 0.380 e. The molecule has 56 valence electrons. The summed E-state index contributed by atoms with van der Waals surface area (Å²) in [4.78, 5) is 3.34. The summed E-state index contributed by atoms with van der Waals surface area (Å²) in [6.45, 7) is 11.2. The van der Waals surface area contributed by atoms with Crippen LogP contribution in [0.4, 0.5) is 0 Å². The molecular formula is C8H13NO. The van der Waals surface area contributed by atoms with Gasteiger partial charge in [0, 0.05) is 11.8 Å². The molecule has 2 nitrogen and oxygen atoms in total. The van der Waals surface area contributed by atoms with Gasteiger partial charge in [0.1, 0.15) is 0 Å². The first-order valence-corrected chi connectivity index (χ1v) is 3.74. The zero-order valence-corrected chi connectivity index (χ0v) is 6.39. The molecule has 0 N–H and O–H groups in total. The van der Waals surface area contributed by atoms with E-state index in [0.717, 1.165) is 26.1 Å². The molecule has 1 heterocycles. The van der Waals surface area contributed by atoms with Gasteiger partial charge in [0.2, 0.25) is 6.54 Å². The van der Waals surface area contributed by atoms with Crippen molar-refractivity contribution in [1.82, 2.24) is 0 Å². The summed E-state index contributed by atoms with van der Waals surface area (Å²) in [5.74, 6) is 0. The van der Waals surface area contributed by atoms with Gasteiger partial charge in [-0.2, -0.15) is 0 Å². The lowest BCUT2D eigenvalue weighted by atomic mass is 9.80. The van der Waals surface area contributed by atoms with Gasteiger partial charge in [-0.15, -0.1) is 0 Å². The lowest BCUT2D eigenvalue weighted by Crippen LogP contribution is -2.42. The summed E-state index contributed by atoms with van der Waals surface area (Å²) in [5.41, 5.74) is 0.380. The van der Waals surface area contributed by atoms with Crippen LogP contribution in [0.15, 0.2) is 0 Å². The molecule has 2 heteroatoms. The van der Waals surface area contributed by atoms with E-state index in [1.165, 1.54) is 0 Å². The Morgan fingerprint density at radius 1 is 1.60 bits per heavy atom. The van der Waals surface area contributed by atoms with Crippen LogP contribution in [-0.2, 0) is 4.74 Å². The highest BCUT2D eigenvalue weighted by molar-refractivity contribution is 4.86. The van der Waals surface area contributed by atoms with Crippen LogP contribution in [0.2, 0.25) is 0 Å². The highest BCUT2D eigenvalue weighted by atomic mass is 16.5. The molecule has 0 aliphatic carbocycles. The van der Waals surface area contributed by atoms with E-state index >= 15 is 0 Å². The number of hydrogen-bond donors (Lipinski definition) is 0. The zero-order chi connectivity index (χ0) is 7.45. The number of ether oxygens (including phenoxy) is 1. The van der Waals surface area contributed by atoms with Crippen LogP contribution in [0, 0.1) is 12.0 Å². The molecule has 0 spiro atoms. The third-order valence-corrected chi connectivity index (χ3v) is 2.32. The molecule has 0 amide bonds. The summed E-state index contributed by atoms with van der Waals surface area (Å²) >= 11 is 0. The first-order chi connectivity index (χ1) is 4.83. The van der Waals surface area contributed by atoms with E-state index in [-0.39, 0.29) is 0 Å². The molecule has 0 atom stereocenters. The quantitative estimate of drug-likeness (QED) is 0.543. The normalized spacial score (nSPS) is 21.2. The first-order valence-electron chi connectivity index (χ1n) is 3.74. The Labute approximate surface area is 62.0 Å². The first kappa shape index (κ1) is 7.56. The van der Waals surface area contributed by atoms with E-state index in [1.54, 1.807) is 0 Å². The molecule has 10 heavy (non-hydrogen) atoms. The van der Waals surface area contributed by atoms with E-state index in [4.69, 9.17) is 11.3 Å². The van der Waals surface area contributed by atoms with Crippen LogP contribution in [0.5, 0.6) is 0 Å². The topological polar surface area (TPSA) is 13.6 Å². The van der Waals surface area contributed by atoms with Gasteiger partial charge in [0.25, 0.3) is 0 Å². The van der Waals surface area contributed by atoms with Crippen LogP contribution < -0.4 is 0 Å². The monoisotopic (exact) mass is 139 g/mol. The molecule has 0 aromatic rings. The van der Waals surface area contributed by atoms with Gasteiger partial charge in [-0.3, -0.25) is 0 Å². The third-order valence-electron chi connectivity index (χ3n) is 2.32. The van der Waals surface area contributed by atoms with Crippen LogP contribution in [0.3, 0.4) is 0 Å². The predicted molar refractivity (Wildman–Crippen MR) is 39.6 cm³/mol. The van der Waals surface area contributed by atoms with Gasteiger partial charge in [0.05, 0.1) is 13.2 Å². The van der Waals surface area contributed by atoms with Crippen molar-refractivity contribution in [3.8, 4) is 0 Å². The van der Waals surface area contributed by atoms with E-state index in [2.05, 4.69) is 11.8 Å². The van der Waals surface area contributed by atoms with Crippen LogP contribution in [0.1, 0.15) is 19.8 Å². The SMILES string of the molecule is [C-]#[N+]CCC1(CC)COC1. The summed E-state index contributed by atoms with van der Waals surface area (Å²) in [7, 11) is 0. The second-order valence-electron chi connectivity index (χ2n) is 2.98. The lowest BCUT2D eigenvalue weighted by molar-refractivity contribution is -0.117. The number of nitrogens with zero attached hydrogens (tertiary/aromatic N) is 1. The molecule has 0 aromatic heterocycles. The average Bonchev–Trinajstić information content (AvgIpc) is 1.87. The van der Waals surface area contributed by atoms with Gasteiger partial charge in [-0.25, -0.2) is 6.57 Å². The van der Waals surface area contributed by atoms with Crippen molar-refractivity contribution in [2.75, 3.05) is 19.8 Å². The summed E-state index contributed by atoms with van der Waals surface area (Å²) in [5, 5.41) is 0. The molecule has 1 aliphatic heterocycles. The second-order valence-corrected chi connectivity index (χ2v) is 2.98. The van der Waals surface area contributed by atoms with Crippen molar-refractivity contribution in [3.05, 3.63) is 11.4 Å². The van der Waals surface area contributed by atoms with Crippen molar-refractivity contribution in [2.24, 2.45) is 5.41 Å². The third kappa shape index (κ3) is 1.30. The highest BCUT2D eigenvalue weighted by Crippen LogP contribution is 2.34. The van der Waals surface area contributed by atoms with Crippen molar-refractivity contribution < 1.29 is 4.74 Å². The Balaban J connectivity index is 2.28.